The molecule has 0 amide bonds. The lowest BCUT2D eigenvalue weighted by Gasteiger charge is -2.32. The van der Waals surface area contributed by atoms with Crippen molar-refractivity contribution >= 4 is 0 Å². The van der Waals surface area contributed by atoms with Crippen LogP contribution in [0, 0.1) is 12.8 Å². The average Bonchev–Trinajstić information content (AvgIpc) is 2.45. The van der Waals surface area contributed by atoms with Crippen LogP contribution in [0.4, 0.5) is 0 Å². The summed E-state index contributed by atoms with van der Waals surface area (Å²) in [5, 5.41) is 0. The van der Waals surface area contributed by atoms with Crippen LogP contribution in [-0.4, -0.2) is 41.1 Å². The Hall–Kier alpha value is -1.42. The predicted molar refractivity (Wildman–Crippen MR) is 76.2 cm³/mol. The quantitative estimate of drug-likeness (QED) is 0.737. The zero-order valence-corrected chi connectivity index (χ0v) is 11.7. The lowest BCUT2D eigenvalue weighted by molar-refractivity contribution is 0.127. The number of aryl methyl sites for hydroxylation is 1. The van der Waals surface area contributed by atoms with Crippen LogP contribution in [-0.2, 0) is 0 Å². The lowest BCUT2D eigenvalue weighted by Crippen LogP contribution is -2.38. The van der Waals surface area contributed by atoms with Gasteiger partial charge in [-0.3, -0.25) is 0 Å². The Balaban J connectivity index is 1.75. The molecule has 0 aliphatic carbocycles. The van der Waals surface area contributed by atoms with Crippen molar-refractivity contribution in [2.45, 2.75) is 26.2 Å². The van der Waals surface area contributed by atoms with Crippen molar-refractivity contribution in [3.63, 3.8) is 0 Å². The Morgan fingerprint density at radius 2 is 2.26 bits per heavy atom. The predicted octanol–water partition coefficient (Wildman–Crippen LogP) is 2.45. The van der Waals surface area contributed by atoms with Gasteiger partial charge in [-0.1, -0.05) is 6.08 Å². The lowest BCUT2D eigenvalue weighted by atomic mass is 9.99. The van der Waals surface area contributed by atoms with Gasteiger partial charge in [-0.15, -0.1) is 6.58 Å². The number of hydrogen-bond acceptors (Lipinski definition) is 4. The molecule has 1 saturated heterocycles. The van der Waals surface area contributed by atoms with Gasteiger partial charge >= 0.3 is 6.01 Å². The molecule has 0 bridgehead atoms. The second-order valence-corrected chi connectivity index (χ2v) is 5.24. The van der Waals surface area contributed by atoms with Crippen LogP contribution in [0.1, 0.15) is 24.8 Å². The summed E-state index contributed by atoms with van der Waals surface area (Å²) in [6.45, 7) is 9.89. The molecular weight excluding hydrogens is 238 g/mol. The van der Waals surface area contributed by atoms with E-state index in [0.29, 0.717) is 18.5 Å². The smallest absolute Gasteiger partial charge is 0.316 e. The summed E-state index contributed by atoms with van der Waals surface area (Å²) in [7, 11) is 0. The second kappa shape index (κ2) is 7.24. The van der Waals surface area contributed by atoms with E-state index in [1.165, 1.54) is 19.4 Å². The molecule has 4 nitrogen and oxygen atoms in total. The van der Waals surface area contributed by atoms with E-state index in [0.717, 1.165) is 25.1 Å². The minimum absolute atomic E-state index is 0.494. The molecule has 0 spiro atoms. The van der Waals surface area contributed by atoms with Crippen molar-refractivity contribution in [1.29, 1.82) is 0 Å². The maximum Gasteiger partial charge on any atom is 0.316 e. The molecule has 1 aromatic rings. The first-order valence-corrected chi connectivity index (χ1v) is 7.02. The molecular formula is C15H23N3O. The first-order chi connectivity index (χ1) is 9.28. The van der Waals surface area contributed by atoms with Gasteiger partial charge in [0.25, 0.3) is 0 Å². The molecule has 1 aliphatic heterocycles. The van der Waals surface area contributed by atoms with Crippen LogP contribution in [0.2, 0.25) is 0 Å². The van der Waals surface area contributed by atoms with Crippen LogP contribution >= 0.6 is 0 Å². The normalized spacial score (nSPS) is 20.2. The van der Waals surface area contributed by atoms with Gasteiger partial charge < -0.3 is 9.64 Å². The zero-order chi connectivity index (χ0) is 13.5. The highest BCUT2D eigenvalue weighted by atomic mass is 16.5. The molecule has 104 valence electrons. The molecule has 4 heteroatoms. The Labute approximate surface area is 115 Å². The summed E-state index contributed by atoms with van der Waals surface area (Å²) < 4.78 is 5.68. The molecule has 2 heterocycles. The Morgan fingerprint density at radius 3 is 3.00 bits per heavy atom. The highest BCUT2D eigenvalue weighted by molar-refractivity contribution is 5.04. The summed E-state index contributed by atoms with van der Waals surface area (Å²) in [4.78, 5) is 10.8. The molecule has 1 atom stereocenters. The van der Waals surface area contributed by atoms with Crippen LogP contribution in [0.25, 0.3) is 0 Å². The van der Waals surface area contributed by atoms with Gasteiger partial charge in [0.2, 0.25) is 0 Å². The minimum Gasteiger partial charge on any atom is -0.463 e. The molecule has 1 unspecified atom stereocenters. The van der Waals surface area contributed by atoms with Gasteiger partial charge in [-0.2, -0.15) is 0 Å². The summed E-state index contributed by atoms with van der Waals surface area (Å²) in [5.41, 5.74) is 1.06. The van der Waals surface area contributed by atoms with Crippen molar-refractivity contribution < 1.29 is 4.74 Å². The molecule has 19 heavy (non-hydrogen) atoms. The zero-order valence-electron chi connectivity index (χ0n) is 11.7. The van der Waals surface area contributed by atoms with E-state index in [2.05, 4.69) is 21.4 Å². The maximum absolute atomic E-state index is 5.68. The highest BCUT2D eigenvalue weighted by Crippen LogP contribution is 2.17. The second-order valence-electron chi connectivity index (χ2n) is 5.24. The van der Waals surface area contributed by atoms with E-state index in [-0.39, 0.29) is 0 Å². The van der Waals surface area contributed by atoms with Gasteiger partial charge in [-0.05, 0) is 38.3 Å². The van der Waals surface area contributed by atoms with Crippen molar-refractivity contribution in [2.24, 2.45) is 5.92 Å². The van der Waals surface area contributed by atoms with E-state index in [1.807, 2.05) is 13.0 Å². The first kappa shape index (κ1) is 14.0. The fourth-order valence-electron chi connectivity index (χ4n) is 2.41. The van der Waals surface area contributed by atoms with Crippen molar-refractivity contribution in [2.75, 3.05) is 26.2 Å². The van der Waals surface area contributed by atoms with Crippen LogP contribution in [0.15, 0.2) is 25.0 Å². The molecule has 0 radical (unpaired) electrons. The summed E-state index contributed by atoms with van der Waals surface area (Å²) in [5.74, 6) is 0.587. The van der Waals surface area contributed by atoms with Crippen molar-refractivity contribution in [3.05, 3.63) is 30.6 Å². The Kier molecular flexibility index (Phi) is 5.33. The summed E-state index contributed by atoms with van der Waals surface area (Å²) in [6.07, 6.45) is 9.12. The average molecular weight is 261 g/mol. The molecule has 2 rings (SSSR count). The number of rotatable bonds is 6. The molecule has 1 fully saturated rings. The highest BCUT2D eigenvalue weighted by Gasteiger charge is 2.20. The third-order valence-corrected chi connectivity index (χ3v) is 3.46. The standard InChI is InChI=1S/C15H23N3O/c1-3-4-7-18-8-5-6-14(11-18)12-19-15-16-9-13(2)10-17-15/h3,9-10,14H,1,4-8,11-12H2,2H3. The Bertz CT molecular complexity index is 391. The van der Waals surface area contributed by atoms with Gasteiger partial charge in [0.1, 0.15) is 0 Å². The van der Waals surface area contributed by atoms with Gasteiger partial charge in [0.05, 0.1) is 6.61 Å². The van der Waals surface area contributed by atoms with Gasteiger partial charge in [-0.25, -0.2) is 9.97 Å². The van der Waals surface area contributed by atoms with Gasteiger partial charge in [0.15, 0.2) is 0 Å². The number of ether oxygens (including phenoxy) is 1. The van der Waals surface area contributed by atoms with Crippen molar-refractivity contribution in [1.82, 2.24) is 14.9 Å². The number of likely N-dealkylation sites (tertiary alicyclic amines) is 1. The summed E-state index contributed by atoms with van der Waals surface area (Å²) in [6, 6.07) is 0.494. The largest absolute Gasteiger partial charge is 0.463 e. The SMILES string of the molecule is C=CCCN1CCCC(COc2ncc(C)cn2)C1. The Morgan fingerprint density at radius 1 is 1.47 bits per heavy atom. The van der Waals surface area contributed by atoms with E-state index in [4.69, 9.17) is 4.74 Å². The number of hydrogen-bond donors (Lipinski definition) is 0. The van der Waals surface area contributed by atoms with Crippen LogP contribution < -0.4 is 4.74 Å². The van der Waals surface area contributed by atoms with E-state index < -0.39 is 0 Å². The molecule has 0 N–H and O–H groups in total. The summed E-state index contributed by atoms with van der Waals surface area (Å²) >= 11 is 0. The maximum atomic E-state index is 5.68. The third-order valence-electron chi connectivity index (χ3n) is 3.46. The molecule has 0 saturated carbocycles. The monoisotopic (exact) mass is 261 g/mol. The van der Waals surface area contributed by atoms with E-state index in [9.17, 15) is 0 Å². The van der Waals surface area contributed by atoms with Crippen LogP contribution in [0.5, 0.6) is 6.01 Å². The molecule has 0 aromatic carbocycles. The molecule has 1 aromatic heterocycles. The topological polar surface area (TPSA) is 38.2 Å². The third kappa shape index (κ3) is 4.63. The number of piperidine rings is 1. The number of nitrogens with zero attached hydrogens (tertiary/aromatic N) is 3. The first-order valence-electron chi connectivity index (χ1n) is 7.02. The molecule has 1 aliphatic rings. The van der Waals surface area contributed by atoms with Crippen molar-refractivity contribution in [3.8, 4) is 6.01 Å². The number of aromatic nitrogens is 2. The van der Waals surface area contributed by atoms with Crippen LogP contribution in [0.3, 0.4) is 0 Å². The minimum atomic E-state index is 0.494. The van der Waals surface area contributed by atoms with E-state index >= 15 is 0 Å². The fourth-order valence-corrected chi connectivity index (χ4v) is 2.41. The van der Waals surface area contributed by atoms with Gasteiger partial charge in [0, 0.05) is 31.4 Å². The fraction of sp³-hybridized carbons (Fsp3) is 0.600. The van der Waals surface area contributed by atoms with E-state index in [1.54, 1.807) is 12.4 Å².